The summed E-state index contributed by atoms with van der Waals surface area (Å²) in [5.41, 5.74) is 3.62. The van der Waals surface area contributed by atoms with Crippen molar-refractivity contribution in [3.8, 4) is 5.69 Å². The van der Waals surface area contributed by atoms with Crippen LogP contribution in [-0.2, 0) is 14.8 Å². The van der Waals surface area contributed by atoms with Gasteiger partial charge >= 0.3 is 0 Å². The summed E-state index contributed by atoms with van der Waals surface area (Å²) in [5.74, 6) is 0.536. The van der Waals surface area contributed by atoms with Crippen LogP contribution in [0.3, 0.4) is 0 Å². The van der Waals surface area contributed by atoms with Gasteiger partial charge in [-0.25, -0.2) is 13.4 Å². The standard InChI is InChI=1S/C25H24N4O4S/c1-18-26-23-17-19(7-12-24(23)29(18)21-5-3-2-4-6-21)25(30)27-20-8-10-22(11-9-20)34(31,32)28-13-15-33-16-14-28/h2-12,17H,13-16H2,1H3,(H,27,30). The van der Waals surface area contributed by atoms with Crippen molar-refractivity contribution in [2.24, 2.45) is 0 Å². The first-order valence-electron chi connectivity index (χ1n) is 11.0. The molecule has 5 rings (SSSR count). The van der Waals surface area contributed by atoms with Crippen LogP contribution in [0.5, 0.6) is 0 Å². The van der Waals surface area contributed by atoms with Crippen LogP contribution in [0.4, 0.5) is 5.69 Å². The fraction of sp³-hybridized carbons (Fsp3) is 0.200. The topological polar surface area (TPSA) is 93.5 Å². The molecule has 0 saturated carbocycles. The summed E-state index contributed by atoms with van der Waals surface area (Å²) in [4.78, 5) is 17.7. The summed E-state index contributed by atoms with van der Waals surface area (Å²) < 4.78 is 34.2. The molecule has 1 fully saturated rings. The van der Waals surface area contributed by atoms with Crippen molar-refractivity contribution in [2.75, 3.05) is 31.6 Å². The SMILES string of the molecule is Cc1nc2cc(C(=O)Nc3ccc(S(=O)(=O)N4CCOCC4)cc3)ccc2n1-c1ccccc1. The molecule has 4 aromatic rings. The molecule has 1 saturated heterocycles. The highest BCUT2D eigenvalue weighted by molar-refractivity contribution is 7.89. The number of imidazole rings is 1. The average Bonchev–Trinajstić information content (AvgIpc) is 3.20. The molecule has 1 aliphatic heterocycles. The molecular formula is C25H24N4O4S. The number of amides is 1. The van der Waals surface area contributed by atoms with E-state index in [0.29, 0.717) is 37.6 Å². The van der Waals surface area contributed by atoms with Crippen LogP contribution in [0.25, 0.3) is 16.7 Å². The maximum atomic E-state index is 12.9. The van der Waals surface area contributed by atoms with Crippen LogP contribution >= 0.6 is 0 Å². The third-order valence-corrected chi connectivity index (χ3v) is 7.73. The van der Waals surface area contributed by atoms with Gasteiger partial charge in [0.05, 0.1) is 29.1 Å². The van der Waals surface area contributed by atoms with Crippen molar-refractivity contribution in [1.29, 1.82) is 0 Å². The number of anilines is 1. The Bertz CT molecular complexity index is 1440. The lowest BCUT2D eigenvalue weighted by Gasteiger charge is -2.26. The van der Waals surface area contributed by atoms with Gasteiger partial charge in [0, 0.05) is 30.0 Å². The molecule has 0 bridgehead atoms. The molecule has 0 spiro atoms. The molecule has 3 aromatic carbocycles. The van der Waals surface area contributed by atoms with E-state index < -0.39 is 10.0 Å². The van der Waals surface area contributed by atoms with E-state index in [9.17, 15) is 13.2 Å². The Morgan fingerprint density at radius 3 is 2.38 bits per heavy atom. The number of carbonyl (C=O) groups excluding carboxylic acids is 1. The van der Waals surface area contributed by atoms with Crippen molar-refractivity contribution < 1.29 is 17.9 Å². The molecule has 0 atom stereocenters. The van der Waals surface area contributed by atoms with Crippen LogP contribution in [0.15, 0.2) is 77.7 Å². The van der Waals surface area contributed by atoms with Crippen LogP contribution in [0, 0.1) is 6.92 Å². The van der Waals surface area contributed by atoms with Crippen LogP contribution in [0.1, 0.15) is 16.2 Å². The van der Waals surface area contributed by atoms with E-state index in [0.717, 1.165) is 22.5 Å². The van der Waals surface area contributed by atoms with E-state index in [1.54, 1.807) is 24.3 Å². The highest BCUT2D eigenvalue weighted by Crippen LogP contribution is 2.24. The van der Waals surface area contributed by atoms with Gasteiger partial charge in [-0.3, -0.25) is 9.36 Å². The number of sulfonamides is 1. The predicted molar refractivity (Wildman–Crippen MR) is 130 cm³/mol. The predicted octanol–water partition coefficient (Wildman–Crippen LogP) is 3.61. The Balaban J connectivity index is 1.35. The molecule has 9 heteroatoms. The second-order valence-corrected chi connectivity index (χ2v) is 9.97. The number of morpholine rings is 1. The number of rotatable bonds is 5. The number of fused-ring (bicyclic) bond motifs is 1. The summed E-state index contributed by atoms with van der Waals surface area (Å²) in [6.45, 7) is 3.38. The normalized spacial score (nSPS) is 14.9. The van der Waals surface area contributed by atoms with E-state index in [1.807, 2.05) is 47.9 Å². The summed E-state index contributed by atoms with van der Waals surface area (Å²) >= 11 is 0. The van der Waals surface area contributed by atoms with Crippen molar-refractivity contribution in [3.05, 3.63) is 84.2 Å². The summed E-state index contributed by atoms with van der Waals surface area (Å²) in [6, 6.07) is 21.5. The lowest BCUT2D eigenvalue weighted by molar-refractivity contribution is 0.0730. The fourth-order valence-electron chi connectivity index (χ4n) is 4.09. The maximum absolute atomic E-state index is 12.9. The number of aromatic nitrogens is 2. The Morgan fingerprint density at radius 1 is 0.971 bits per heavy atom. The molecule has 0 aliphatic carbocycles. The summed E-state index contributed by atoms with van der Waals surface area (Å²) in [6.07, 6.45) is 0. The number of hydrogen-bond acceptors (Lipinski definition) is 5. The number of carbonyl (C=O) groups is 1. The third kappa shape index (κ3) is 4.21. The Morgan fingerprint density at radius 2 is 1.68 bits per heavy atom. The monoisotopic (exact) mass is 476 g/mol. The molecule has 1 amide bonds. The van der Waals surface area contributed by atoms with Gasteiger partial charge in [-0.15, -0.1) is 0 Å². The zero-order chi connectivity index (χ0) is 23.7. The molecule has 0 radical (unpaired) electrons. The van der Waals surface area contributed by atoms with Gasteiger partial charge in [-0.05, 0) is 61.5 Å². The number of para-hydroxylation sites is 1. The minimum atomic E-state index is -3.58. The number of ether oxygens (including phenoxy) is 1. The van der Waals surface area contributed by atoms with Crippen molar-refractivity contribution in [1.82, 2.24) is 13.9 Å². The molecule has 8 nitrogen and oxygen atoms in total. The molecule has 2 heterocycles. The highest BCUT2D eigenvalue weighted by atomic mass is 32.2. The minimum absolute atomic E-state index is 0.191. The van der Waals surface area contributed by atoms with Gasteiger partial charge < -0.3 is 10.1 Å². The van der Waals surface area contributed by atoms with E-state index in [-0.39, 0.29) is 10.8 Å². The Labute approximate surface area is 197 Å². The van der Waals surface area contributed by atoms with Crippen molar-refractivity contribution in [3.63, 3.8) is 0 Å². The lowest BCUT2D eigenvalue weighted by atomic mass is 10.1. The van der Waals surface area contributed by atoms with Gasteiger partial charge in [0.2, 0.25) is 10.0 Å². The van der Waals surface area contributed by atoms with Gasteiger partial charge in [0.15, 0.2) is 0 Å². The Hall–Kier alpha value is -3.53. The third-order valence-electron chi connectivity index (χ3n) is 5.82. The van der Waals surface area contributed by atoms with E-state index in [1.165, 1.54) is 16.4 Å². The summed E-state index contributed by atoms with van der Waals surface area (Å²) in [7, 11) is -3.58. The van der Waals surface area contributed by atoms with Gasteiger partial charge in [0.1, 0.15) is 5.82 Å². The molecule has 1 aliphatic rings. The van der Waals surface area contributed by atoms with E-state index in [4.69, 9.17) is 4.74 Å². The minimum Gasteiger partial charge on any atom is -0.379 e. The largest absolute Gasteiger partial charge is 0.379 e. The second kappa shape index (κ2) is 9.02. The number of benzene rings is 3. The molecular weight excluding hydrogens is 452 g/mol. The smallest absolute Gasteiger partial charge is 0.255 e. The fourth-order valence-corrected chi connectivity index (χ4v) is 5.50. The van der Waals surface area contributed by atoms with Crippen LogP contribution in [-0.4, -0.2) is 54.5 Å². The molecule has 1 N–H and O–H groups in total. The number of hydrogen-bond donors (Lipinski definition) is 1. The second-order valence-electron chi connectivity index (χ2n) is 8.03. The van der Waals surface area contributed by atoms with Crippen LogP contribution < -0.4 is 5.32 Å². The molecule has 174 valence electrons. The van der Waals surface area contributed by atoms with Gasteiger partial charge in [-0.2, -0.15) is 4.31 Å². The lowest BCUT2D eigenvalue weighted by Crippen LogP contribution is -2.40. The summed E-state index contributed by atoms with van der Waals surface area (Å²) in [5, 5.41) is 2.83. The van der Waals surface area contributed by atoms with Crippen molar-refractivity contribution in [2.45, 2.75) is 11.8 Å². The first-order chi connectivity index (χ1) is 16.4. The van der Waals surface area contributed by atoms with E-state index >= 15 is 0 Å². The highest BCUT2D eigenvalue weighted by Gasteiger charge is 2.26. The number of aryl methyl sites for hydroxylation is 1. The first kappa shape index (κ1) is 22.3. The number of nitrogens with one attached hydrogen (secondary N) is 1. The van der Waals surface area contributed by atoms with Crippen LogP contribution in [0.2, 0.25) is 0 Å². The van der Waals surface area contributed by atoms with Crippen molar-refractivity contribution >= 4 is 32.7 Å². The zero-order valence-electron chi connectivity index (χ0n) is 18.6. The Kier molecular flexibility index (Phi) is 5.91. The first-order valence-corrected chi connectivity index (χ1v) is 12.4. The molecule has 0 unspecified atom stereocenters. The zero-order valence-corrected chi connectivity index (χ0v) is 19.5. The maximum Gasteiger partial charge on any atom is 0.255 e. The van der Waals surface area contributed by atoms with E-state index in [2.05, 4.69) is 10.3 Å². The van der Waals surface area contributed by atoms with Gasteiger partial charge in [0.25, 0.3) is 5.91 Å². The quantitative estimate of drug-likeness (QED) is 0.475. The molecule has 1 aromatic heterocycles. The average molecular weight is 477 g/mol. The van der Waals surface area contributed by atoms with Gasteiger partial charge in [-0.1, -0.05) is 18.2 Å². The number of nitrogens with zero attached hydrogens (tertiary/aromatic N) is 3. The molecule has 34 heavy (non-hydrogen) atoms.